The SMILES string of the molecule is CCCCC[C@@H]1OC1=O. The summed E-state index contributed by atoms with van der Waals surface area (Å²) in [7, 11) is 0. The normalized spacial score (nSPS) is 23.7. The van der Waals surface area contributed by atoms with Crippen LogP contribution in [0.4, 0.5) is 0 Å². The van der Waals surface area contributed by atoms with Crippen molar-refractivity contribution in [2.45, 2.75) is 38.7 Å². The summed E-state index contributed by atoms with van der Waals surface area (Å²) in [5, 5.41) is 0. The summed E-state index contributed by atoms with van der Waals surface area (Å²) in [5.74, 6) is -0.00824. The number of rotatable bonds is 4. The molecule has 1 atom stereocenters. The van der Waals surface area contributed by atoms with Gasteiger partial charge in [-0.2, -0.15) is 0 Å². The Labute approximate surface area is 55.2 Å². The zero-order chi connectivity index (χ0) is 6.69. The minimum atomic E-state index is -0.0171. The van der Waals surface area contributed by atoms with Crippen LogP contribution in [-0.4, -0.2) is 12.1 Å². The van der Waals surface area contributed by atoms with Gasteiger partial charge in [0.15, 0.2) is 6.10 Å². The summed E-state index contributed by atoms with van der Waals surface area (Å²) in [6.45, 7) is 2.15. The maximum atomic E-state index is 10.3. The van der Waals surface area contributed by atoms with Crippen LogP contribution in [-0.2, 0) is 9.53 Å². The number of carbonyl (C=O) groups excluding carboxylic acids is 1. The Bertz CT molecular complexity index is 109. The first-order valence-corrected chi connectivity index (χ1v) is 3.55. The van der Waals surface area contributed by atoms with Crippen LogP contribution in [0.25, 0.3) is 0 Å². The Balaban J connectivity index is 1.88. The molecule has 0 aromatic carbocycles. The van der Waals surface area contributed by atoms with Crippen molar-refractivity contribution in [1.29, 1.82) is 0 Å². The molecule has 1 aliphatic rings. The van der Waals surface area contributed by atoms with Gasteiger partial charge in [0.25, 0.3) is 0 Å². The summed E-state index contributed by atoms with van der Waals surface area (Å²) in [6, 6.07) is 0. The highest BCUT2D eigenvalue weighted by Crippen LogP contribution is 2.18. The molecule has 0 aromatic heterocycles. The third-order valence-corrected chi connectivity index (χ3v) is 1.53. The fourth-order valence-corrected chi connectivity index (χ4v) is 0.863. The Hall–Kier alpha value is -0.530. The second kappa shape index (κ2) is 2.85. The van der Waals surface area contributed by atoms with Gasteiger partial charge in [0.05, 0.1) is 0 Å². The van der Waals surface area contributed by atoms with Gasteiger partial charge >= 0.3 is 5.97 Å². The van der Waals surface area contributed by atoms with E-state index in [1.807, 2.05) is 0 Å². The molecule has 52 valence electrons. The Morgan fingerprint density at radius 3 is 2.67 bits per heavy atom. The van der Waals surface area contributed by atoms with Crippen LogP contribution in [0.1, 0.15) is 32.6 Å². The Morgan fingerprint density at radius 1 is 1.56 bits per heavy atom. The molecule has 0 N–H and O–H groups in total. The number of ether oxygens (including phenoxy) is 1. The zero-order valence-corrected chi connectivity index (χ0v) is 5.72. The third kappa shape index (κ3) is 2.04. The molecular formula is C7H12O2. The van der Waals surface area contributed by atoms with E-state index in [0.717, 1.165) is 12.8 Å². The molecule has 1 aliphatic heterocycles. The molecule has 2 heteroatoms. The van der Waals surface area contributed by atoms with E-state index in [9.17, 15) is 4.79 Å². The number of unbranched alkanes of at least 4 members (excludes halogenated alkanes) is 2. The van der Waals surface area contributed by atoms with E-state index in [1.54, 1.807) is 0 Å². The van der Waals surface area contributed by atoms with E-state index < -0.39 is 0 Å². The third-order valence-electron chi connectivity index (χ3n) is 1.53. The van der Waals surface area contributed by atoms with Crippen molar-refractivity contribution in [2.24, 2.45) is 0 Å². The first-order chi connectivity index (χ1) is 4.34. The highest BCUT2D eigenvalue weighted by molar-refractivity contribution is 5.87. The van der Waals surface area contributed by atoms with Crippen molar-refractivity contribution in [3.05, 3.63) is 0 Å². The molecule has 2 nitrogen and oxygen atoms in total. The van der Waals surface area contributed by atoms with Gasteiger partial charge in [0.1, 0.15) is 0 Å². The molecule has 1 saturated heterocycles. The molecule has 1 rings (SSSR count). The summed E-state index contributed by atoms with van der Waals surface area (Å²) in [5.41, 5.74) is 0. The minimum absolute atomic E-state index is 0.00824. The second-order valence-corrected chi connectivity index (χ2v) is 2.42. The summed E-state index contributed by atoms with van der Waals surface area (Å²) in [4.78, 5) is 10.3. The molecule has 0 bridgehead atoms. The van der Waals surface area contributed by atoms with Gasteiger partial charge in [0.2, 0.25) is 0 Å². The molecule has 0 spiro atoms. The fourth-order valence-electron chi connectivity index (χ4n) is 0.863. The van der Waals surface area contributed by atoms with Crippen molar-refractivity contribution in [3.8, 4) is 0 Å². The first-order valence-electron chi connectivity index (χ1n) is 3.55. The summed E-state index contributed by atoms with van der Waals surface area (Å²) < 4.78 is 4.62. The van der Waals surface area contributed by atoms with Crippen LogP contribution in [0.2, 0.25) is 0 Å². The predicted octanol–water partition coefficient (Wildman–Crippen LogP) is 1.49. The zero-order valence-electron chi connectivity index (χ0n) is 5.72. The van der Waals surface area contributed by atoms with E-state index in [-0.39, 0.29) is 12.1 Å². The molecule has 0 aromatic rings. The molecule has 0 radical (unpaired) electrons. The van der Waals surface area contributed by atoms with Gasteiger partial charge in [0, 0.05) is 0 Å². The summed E-state index contributed by atoms with van der Waals surface area (Å²) >= 11 is 0. The van der Waals surface area contributed by atoms with Crippen LogP contribution < -0.4 is 0 Å². The average molecular weight is 128 g/mol. The van der Waals surface area contributed by atoms with E-state index in [1.165, 1.54) is 12.8 Å². The van der Waals surface area contributed by atoms with Gasteiger partial charge in [-0.3, -0.25) is 0 Å². The smallest absolute Gasteiger partial charge is 0.348 e. The standard InChI is InChI=1S/C7H12O2/c1-2-3-4-5-6-7(8)9-6/h6H,2-5H2,1H3/t6-/m0/s1. The number of cyclic esters (lactones) is 1. The average Bonchev–Trinajstić information content (AvgIpc) is 2.48. The highest BCUT2D eigenvalue weighted by atomic mass is 16.6. The van der Waals surface area contributed by atoms with Crippen molar-refractivity contribution in [1.82, 2.24) is 0 Å². The maximum absolute atomic E-state index is 10.3. The van der Waals surface area contributed by atoms with Gasteiger partial charge in [-0.25, -0.2) is 4.79 Å². The van der Waals surface area contributed by atoms with Gasteiger partial charge in [-0.05, 0) is 12.8 Å². The van der Waals surface area contributed by atoms with E-state index in [2.05, 4.69) is 11.7 Å². The molecule has 0 unspecified atom stereocenters. The number of hydrogen-bond acceptors (Lipinski definition) is 2. The number of epoxide rings is 1. The lowest BCUT2D eigenvalue weighted by atomic mass is 10.2. The molecule has 0 aliphatic carbocycles. The number of hydrogen-bond donors (Lipinski definition) is 0. The summed E-state index contributed by atoms with van der Waals surface area (Å²) in [6.07, 6.45) is 4.48. The van der Waals surface area contributed by atoms with Crippen LogP contribution >= 0.6 is 0 Å². The maximum Gasteiger partial charge on any atom is 0.348 e. The lowest BCUT2D eigenvalue weighted by Gasteiger charge is -1.89. The van der Waals surface area contributed by atoms with Crippen LogP contribution in [0.15, 0.2) is 0 Å². The quantitative estimate of drug-likeness (QED) is 0.424. The van der Waals surface area contributed by atoms with E-state index >= 15 is 0 Å². The van der Waals surface area contributed by atoms with E-state index in [0.29, 0.717) is 0 Å². The Kier molecular flexibility index (Phi) is 2.09. The Morgan fingerprint density at radius 2 is 2.22 bits per heavy atom. The number of carbonyl (C=O) groups is 1. The fraction of sp³-hybridized carbons (Fsp3) is 0.857. The van der Waals surface area contributed by atoms with Gasteiger partial charge < -0.3 is 4.74 Å². The molecule has 1 fully saturated rings. The highest BCUT2D eigenvalue weighted by Gasteiger charge is 2.36. The predicted molar refractivity (Wildman–Crippen MR) is 34.0 cm³/mol. The minimum Gasteiger partial charge on any atom is -0.448 e. The lowest BCUT2D eigenvalue weighted by molar-refractivity contribution is -0.117. The topological polar surface area (TPSA) is 29.6 Å². The van der Waals surface area contributed by atoms with Gasteiger partial charge in [-0.1, -0.05) is 19.8 Å². The van der Waals surface area contributed by atoms with Gasteiger partial charge in [-0.15, -0.1) is 0 Å². The molecular weight excluding hydrogens is 116 g/mol. The van der Waals surface area contributed by atoms with Crippen LogP contribution in [0.3, 0.4) is 0 Å². The first kappa shape index (κ1) is 6.59. The van der Waals surface area contributed by atoms with Crippen molar-refractivity contribution in [3.63, 3.8) is 0 Å². The largest absolute Gasteiger partial charge is 0.448 e. The van der Waals surface area contributed by atoms with E-state index in [4.69, 9.17) is 0 Å². The second-order valence-electron chi connectivity index (χ2n) is 2.42. The molecule has 1 heterocycles. The van der Waals surface area contributed by atoms with Crippen molar-refractivity contribution >= 4 is 5.97 Å². The van der Waals surface area contributed by atoms with Crippen LogP contribution in [0.5, 0.6) is 0 Å². The lowest BCUT2D eigenvalue weighted by Crippen LogP contribution is -1.86. The molecule has 0 amide bonds. The molecule has 9 heavy (non-hydrogen) atoms. The monoisotopic (exact) mass is 128 g/mol. The molecule has 0 saturated carbocycles. The van der Waals surface area contributed by atoms with Crippen LogP contribution in [0, 0.1) is 0 Å². The van der Waals surface area contributed by atoms with Crippen molar-refractivity contribution in [2.75, 3.05) is 0 Å². The van der Waals surface area contributed by atoms with Crippen molar-refractivity contribution < 1.29 is 9.53 Å².